The van der Waals surface area contributed by atoms with E-state index in [-0.39, 0.29) is 5.34 Å². The minimum absolute atomic E-state index is 0.0392. The van der Waals surface area contributed by atoms with E-state index in [2.05, 4.69) is 29.9 Å². The predicted octanol–water partition coefficient (Wildman–Crippen LogP) is -4.36. The van der Waals surface area contributed by atoms with Gasteiger partial charge in [-0.05, 0) is 9.98 Å². The molecule has 0 bridgehead atoms. The first-order valence-electron chi connectivity index (χ1n) is 2.89. The summed E-state index contributed by atoms with van der Waals surface area (Å²) in [5.74, 6) is 24.9. The second kappa shape index (κ2) is 3.90. The second-order valence-corrected chi connectivity index (χ2v) is 2.02. The molecule has 1 aliphatic rings. The Kier molecular flexibility index (Phi) is 3.20. The Morgan fingerprint density at radius 2 is 1.07 bits per heavy atom. The summed E-state index contributed by atoms with van der Waals surface area (Å²) < 4.78 is 0. The summed E-state index contributed by atoms with van der Waals surface area (Å²) in [6.45, 7) is 0. The van der Waals surface area contributed by atoms with Gasteiger partial charge in [0.15, 0.2) is 10.1 Å². The maximum Gasteiger partial charge on any atom is 0.176 e. The molecule has 0 radical (unpaired) electrons. The van der Waals surface area contributed by atoms with Crippen molar-refractivity contribution in [2.75, 3.05) is 0 Å². The van der Waals surface area contributed by atoms with Gasteiger partial charge in [-0.3, -0.25) is 0 Å². The van der Waals surface area contributed by atoms with Crippen molar-refractivity contribution in [1.82, 2.24) is 5.34 Å². The highest BCUT2D eigenvalue weighted by Crippen LogP contribution is 2.05. The number of rotatable bonds is 0. The molecule has 1 rings (SSSR count). The summed E-state index contributed by atoms with van der Waals surface area (Å²) in [4.78, 5) is 24.4. The smallest absolute Gasteiger partial charge is 0.176 e. The molecule has 1 fully saturated rings. The monoisotopic (exact) mass is 218 g/mol. The van der Waals surface area contributed by atoms with Crippen LogP contribution in [0.3, 0.4) is 0 Å². The molecule has 0 unspecified atom stereocenters. The fourth-order valence-corrected chi connectivity index (χ4v) is 0.311. The van der Waals surface area contributed by atoms with Crippen LogP contribution in [0, 0.1) is 0 Å². The van der Waals surface area contributed by atoms with Gasteiger partial charge in [0.25, 0.3) is 0 Å². The largest absolute Gasteiger partial charge is 0.214 e. The molecule has 0 aromatic heterocycles. The van der Waals surface area contributed by atoms with Gasteiger partial charge in [0, 0.05) is 0 Å². The van der Waals surface area contributed by atoms with Gasteiger partial charge in [0.05, 0.1) is 15.3 Å². The molecule has 84 valence electrons. The van der Waals surface area contributed by atoms with Crippen LogP contribution in [-0.4, -0.2) is 15.4 Å². The summed E-state index contributed by atoms with van der Waals surface area (Å²) in [6.07, 6.45) is 0. The van der Waals surface area contributed by atoms with E-state index in [1.165, 1.54) is 0 Å². The van der Waals surface area contributed by atoms with Gasteiger partial charge in [0.2, 0.25) is 0 Å². The summed E-state index contributed by atoms with van der Waals surface area (Å²) in [7, 11) is 0. The van der Waals surface area contributed by atoms with Crippen LogP contribution in [0.15, 0.2) is 0 Å². The quantitative estimate of drug-likeness (QED) is 0.149. The lowest BCUT2D eigenvalue weighted by atomic mass is 12.2. The van der Waals surface area contributed by atoms with Gasteiger partial charge < -0.3 is 0 Å². The van der Waals surface area contributed by atoms with Crippen LogP contribution in [0.25, 0.3) is 0 Å². The number of nitrogens with zero attached hydrogens (tertiary/aromatic N) is 3. The Hall–Kier alpha value is -0.560. The lowest BCUT2D eigenvalue weighted by Crippen LogP contribution is -2.65. The van der Waals surface area contributed by atoms with E-state index in [0.717, 1.165) is 0 Å². The zero-order valence-electron chi connectivity index (χ0n) is 6.68. The number of hydrogen-bond donors (Lipinski definition) is 5. The van der Waals surface area contributed by atoms with Gasteiger partial charge in [-0.2, -0.15) is 0 Å². The van der Waals surface area contributed by atoms with Crippen LogP contribution in [0.1, 0.15) is 0 Å². The van der Waals surface area contributed by atoms with Crippen molar-refractivity contribution in [3.05, 3.63) is 0 Å². The molecule has 1 aliphatic heterocycles. The van der Waals surface area contributed by atoms with E-state index in [1.807, 2.05) is 0 Å². The Labute approximate surface area is 75.8 Å². The van der Waals surface area contributed by atoms with Crippen molar-refractivity contribution in [1.29, 1.82) is 0 Å². The molecule has 0 aromatic rings. The SMILES string of the molecule is NN1OO[N+](N)(N)OO[N+](N)(N)OO1. The van der Waals surface area contributed by atoms with Gasteiger partial charge in [-0.25, -0.2) is 5.84 Å². The third-order valence-electron chi connectivity index (χ3n) is 0.713. The van der Waals surface area contributed by atoms with Gasteiger partial charge in [-0.1, -0.05) is 23.4 Å². The zero-order chi connectivity index (χ0) is 10.8. The lowest BCUT2D eigenvalue weighted by Gasteiger charge is -2.15. The summed E-state index contributed by atoms with van der Waals surface area (Å²) in [6, 6.07) is 0. The number of hydrogen-bond acceptors (Lipinski definition) is 12. The fraction of sp³-hybridized carbons (Fsp3) is 0. The summed E-state index contributed by atoms with van der Waals surface area (Å²) >= 11 is 0. The Morgan fingerprint density at radius 3 is 1.43 bits per heavy atom. The van der Waals surface area contributed by atoms with E-state index >= 15 is 0 Å². The number of hydrazine groups is 1. The van der Waals surface area contributed by atoms with Crippen molar-refractivity contribution in [3.8, 4) is 0 Å². The molecule has 14 heavy (non-hydrogen) atoms. The second-order valence-electron chi connectivity index (χ2n) is 2.02. The molecule has 0 saturated carbocycles. The molecule has 0 atom stereocenters. The Morgan fingerprint density at radius 1 is 0.714 bits per heavy atom. The van der Waals surface area contributed by atoms with Crippen LogP contribution in [-0.2, 0) is 29.9 Å². The maximum absolute atomic E-state index is 5.01. The van der Waals surface area contributed by atoms with Crippen LogP contribution in [0.2, 0.25) is 0 Å². The molecule has 14 heteroatoms. The van der Waals surface area contributed by atoms with Crippen molar-refractivity contribution in [2.45, 2.75) is 0 Å². The van der Waals surface area contributed by atoms with Gasteiger partial charge >= 0.3 is 0 Å². The molecule has 0 aliphatic carbocycles. The molecule has 1 heterocycles. The summed E-state index contributed by atoms with van der Waals surface area (Å²) in [5.41, 5.74) is 0. The van der Waals surface area contributed by atoms with Crippen molar-refractivity contribution < 1.29 is 40.0 Å². The first kappa shape index (κ1) is 11.5. The zero-order valence-corrected chi connectivity index (χ0v) is 6.68. The van der Waals surface area contributed by atoms with E-state index in [0.29, 0.717) is 0 Å². The fourth-order valence-electron chi connectivity index (χ4n) is 0.311. The molecule has 10 N–H and O–H groups in total. The van der Waals surface area contributed by atoms with Crippen molar-refractivity contribution in [2.24, 2.45) is 29.2 Å². The van der Waals surface area contributed by atoms with Gasteiger partial charge in [-0.15, -0.1) is 0 Å². The molecule has 1 saturated heterocycles. The first-order chi connectivity index (χ1) is 6.31. The van der Waals surface area contributed by atoms with Crippen LogP contribution in [0.5, 0.6) is 0 Å². The predicted molar refractivity (Wildman–Crippen MR) is 29.8 cm³/mol. The van der Waals surface area contributed by atoms with Gasteiger partial charge in [0.1, 0.15) is 9.98 Å². The molecular weight excluding hydrogens is 208 g/mol. The van der Waals surface area contributed by atoms with Crippen molar-refractivity contribution in [3.63, 3.8) is 0 Å². The van der Waals surface area contributed by atoms with Crippen LogP contribution < -0.4 is 29.2 Å². The van der Waals surface area contributed by atoms with E-state index in [9.17, 15) is 0 Å². The minimum atomic E-state index is -1.69. The molecular formula is H10N8O6+2. The molecule has 0 spiro atoms. The van der Waals surface area contributed by atoms with Crippen molar-refractivity contribution >= 4 is 0 Å². The average Bonchev–Trinajstić information content (AvgIpc) is 2.12. The van der Waals surface area contributed by atoms with E-state index < -0.39 is 10.1 Å². The first-order valence-corrected chi connectivity index (χ1v) is 2.89. The van der Waals surface area contributed by atoms with Crippen LogP contribution >= 0.6 is 0 Å². The Balaban J connectivity index is 2.62. The van der Waals surface area contributed by atoms with E-state index in [4.69, 9.17) is 29.2 Å². The number of quaternary nitrogens is 2. The summed E-state index contributed by atoms with van der Waals surface area (Å²) in [5, 5.41) is -3.33. The Bertz CT molecular complexity index is 170. The normalized spacial score (nSPS) is 28.9. The maximum atomic E-state index is 5.01. The highest BCUT2D eigenvalue weighted by molar-refractivity contribution is 3.62. The molecule has 0 aromatic carbocycles. The average molecular weight is 218 g/mol. The minimum Gasteiger partial charge on any atom is -0.214 e. The third-order valence-corrected chi connectivity index (χ3v) is 0.713. The standard InChI is InChI=1S/H10N8O6/c1-6-9-11-7(2,3)13-14-8(4,5)12-10-6/h1-5H2/q+2. The lowest BCUT2D eigenvalue weighted by molar-refractivity contribution is -1.42. The third kappa shape index (κ3) is 3.67. The topological polar surface area (TPSA) is 189 Å². The molecule has 14 nitrogen and oxygen atoms in total. The highest BCUT2D eigenvalue weighted by atomic mass is 17.6. The van der Waals surface area contributed by atoms with Crippen LogP contribution in [0.4, 0.5) is 0 Å². The molecule has 0 amide bonds. The van der Waals surface area contributed by atoms with E-state index in [1.54, 1.807) is 0 Å². The number of nitrogens with two attached hydrogens (primary N) is 5. The highest BCUT2D eigenvalue weighted by Gasteiger charge is 2.40.